The third-order valence-corrected chi connectivity index (χ3v) is 6.46. The standard InChI is InChI=1S/C19H17FN6O4S2/c1-10-6-14(25-30-10)21-15(27)9-31-19-24-23-18(32-19)22-17(29)11-7-16(28)26(8-11)13-4-2-12(20)3-5-13/h2-6,11H,7-9H2,1H3,(H,21,25,27)(H,22,23,29). The van der Waals surface area contributed by atoms with Crippen LogP contribution in [0.5, 0.6) is 0 Å². The van der Waals surface area contributed by atoms with Crippen molar-refractivity contribution in [3.63, 3.8) is 0 Å². The Hall–Kier alpha value is -3.32. The van der Waals surface area contributed by atoms with Crippen LogP contribution in [-0.4, -0.2) is 45.4 Å². The van der Waals surface area contributed by atoms with Gasteiger partial charge in [0.2, 0.25) is 22.9 Å². The van der Waals surface area contributed by atoms with Crippen molar-refractivity contribution in [1.29, 1.82) is 0 Å². The molecule has 3 amide bonds. The highest BCUT2D eigenvalue weighted by molar-refractivity contribution is 8.01. The molecular formula is C19H17FN6O4S2. The van der Waals surface area contributed by atoms with E-state index in [0.29, 0.717) is 21.6 Å². The van der Waals surface area contributed by atoms with Crippen LogP contribution in [0.25, 0.3) is 0 Å². The quantitative estimate of drug-likeness (QED) is 0.393. The van der Waals surface area contributed by atoms with Crippen molar-refractivity contribution in [3.8, 4) is 0 Å². The van der Waals surface area contributed by atoms with Gasteiger partial charge in [-0.05, 0) is 31.2 Å². The number of carbonyl (C=O) groups is 3. The van der Waals surface area contributed by atoms with E-state index in [2.05, 4.69) is 26.0 Å². The molecule has 0 spiro atoms. The summed E-state index contributed by atoms with van der Waals surface area (Å²) in [7, 11) is 0. The maximum absolute atomic E-state index is 13.1. The van der Waals surface area contributed by atoms with Gasteiger partial charge in [0, 0.05) is 24.7 Å². The summed E-state index contributed by atoms with van der Waals surface area (Å²) in [5.74, 6) is -0.808. The minimum Gasteiger partial charge on any atom is -0.360 e. The van der Waals surface area contributed by atoms with Crippen LogP contribution in [0.15, 0.2) is 39.2 Å². The average molecular weight is 477 g/mol. The highest BCUT2D eigenvalue weighted by Gasteiger charge is 2.35. The van der Waals surface area contributed by atoms with Gasteiger partial charge in [-0.1, -0.05) is 28.3 Å². The van der Waals surface area contributed by atoms with E-state index >= 15 is 0 Å². The van der Waals surface area contributed by atoms with Crippen molar-refractivity contribution in [2.45, 2.75) is 17.7 Å². The summed E-state index contributed by atoms with van der Waals surface area (Å²) in [6.07, 6.45) is 0.0469. The number of halogens is 1. The molecule has 3 aromatic rings. The molecule has 1 aliphatic heterocycles. The number of benzene rings is 1. The number of carbonyl (C=O) groups excluding carboxylic acids is 3. The zero-order valence-electron chi connectivity index (χ0n) is 16.7. The molecule has 13 heteroatoms. The number of aryl methyl sites for hydroxylation is 1. The molecule has 0 bridgehead atoms. The second kappa shape index (κ2) is 9.44. The Morgan fingerprint density at radius 3 is 2.78 bits per heavy atom. The SMILES string of the molecule is Cc1cc(NC(=O)CSc2nnc(NC(=O)C3CC(=O)N(c4ccc(F)cc4)C3)s2)no1. The summed E-state index contributed by atoms with van der Waals surface area (Å²) in [5.41, 5.74) is 0.542. The fraction of sp³-hybridized carbons (Fsp3) is 0.263. The van der Waals surface area contributed by atoms with E-state index in [4.69, 9.17) is 4.52 Å². The molecule has 1 unspecified atom stereocenters. The van der Waals surface area contributed by atoms with E-state index in [1.807, 2.05) is 0 Å². The molecule has 10 nitrogen and oxygen atoms in total. The van der Waals surface area contributed by atoms with Crippen molar-refractivity contribution in [3.05, 3.63) is 41.9 Å². The Labute approximate surface area is 189 Å². The van der Waals surface area contributed by atoms with Crippen LogP contribution in [0.3, 0.4) is 0 Å². The molecule has 0 radical (unpaired) electrons. The Morgan fingerprint density at radius 1 is 1.28 bits per heavy atom. The summed E-state index contributed by atoms with van der Waals surface area (Å²) >= 11 is 2.29. The first-order valence-corrected chi connectivity index (χ1v) is 11.2. The number of hydrogen-bond acceptors (Lipinski definition) is 9. The lowest BCUT2D eigenvalue weighted by Crippen LogP contribution is -2.28. The van der Waals surface area contributed by atoms with Crippen LogP contribution in [0.1, 0.15) is 12.2 Å². The van der Waals surface area contributed by atoms with Gasteiger partial charge in [0.25, 0.3) is 0 Å². The van der Waals surface area contributed by atoms with Crippen LogP contribution in [0.4, 0.5) is 21.0 Å². The van der Waals surface area contributed by atoms with Gasteiger partial charge in [-0.2, -0.15) is 0 Å². The number of anilines is 3. The van der Waals surface area contributed by atoms with Gasteiger partial charge in [0.1, 0.15) is 11.6 Å². The van der Waals surface area contributed by atoms with Gasteiger partial charge in [0.05, 0.1) is 11.7 Å². The number of hydrogen-bond donors (Lipinski definition) is 2. The van der Waals surface area contributed by atoms with Crippen LogP contribution in [0, 0.1) is 18.7 Å². The first-order chi connectivity index (χ1) is 15.4. The lowest BCUT2D eigenvalue weighted by atomic mass is 10.1. The Kier molecular flexibility index (Phi) is 6.46. The van der Waals surface area contributed by atoms with Crippen molar-refractivity contribution in [2.24, 2.45) is 5.92 Å². The molecule has 1 saturated heterocycles. The van der Waals surface area contributed by atoms with Crippen LogP contribution >= 0.6 is 23.1 Å². The molecule has 2 aromatic heterocycles. The molecule has 0 aliphatic carbocycles. The number of aromatic nitrogens is 3. The lowest BCUT2D eigenvalue weighted by molar-refractivity contribution is -0.122. The predicted molar refractivity (Wildman–Crippen MR) is 116 cm³/mol. The van der Waals surface area contributed by atoms with E-state index in [-0.39, 0.29) is 41.6 Å². The van der Waals surface area contributed by atoms with Crippen molar-refractivity contribution in [1.82, 2.24) is 15.4 Å². The lowest BCUT2D eigenvalue weighted by Gasteiger charge is -2.16. The fourth-order valence-corrected chi connectivity index (χ4v) is 4.57. The number of nitrogens with one attached hydrogen (secondary N) is 2. The highest BCUT2D eigenvalue weighted by Crippen LogP contribution is 2.29. The molecule has 1 fully saturated rings. The molecular weight excluding hydrogens is 459 g/mol. The van der Waals surface area contributed by atoms with Crippen LogP contribution in [-0.2, 0) is 14.4 Å². The molecule has 0 saturated carbocycles. The van der Waals surface area contributed by atoms with Gasteiger partial charge in [-0.25, -0.2) is 4.39 Å². The fourth-order valence-electron chi connectivity index (χ4n) is 3.01. The summed E-state index contributed by atoms with van der Waals surface area (Å²) < 4.78 is 18.5. The topological polar surface area (TPSA) is 130 Å². The Balaban J connectivity index is 1.27. The number of nitrogens with zero attached hydrogens (tertiary/aromatic N) is 4. The molecule has 3 heterocycles. The Morgan fingerprint density at radius 2 is 2.06 bits per heavy atom. The van der Waals surface area contributed by atoms with Gasteiger partial charge < -0.3 is 20.1 Å². The Bertz CT molecular complexity index is 1150. The number of thioether (sulfide) groups is 1. The van der Waals surface area contributed by atoms with Crippen molar-refractivity contribution < 1.29 is 23.3 Å². The monoisotopic (exact) mass is 476 g/mol. The summed E-state index contributed by atoms with van der Waals surface area (Å²) in [4.78, 5) is 38.3. The third kappa shape index (κ3) is 5.29. The third-order valence-electron chi connectivity index (χ3n) is 4.49. The number of rotatable bonds is 7. The maximum atomic E-state index is 13.1. The minimum atomic E-state index is -0.566. The minimum absolute atomic E-state index is 0.0469. The second-order valence-electron chi connectivity index (χ2n) is 6.90. The molecule has 32 heavy (non-hydrogen) atoms. The smallest absolute Gasteiger partial charge is 0.236 e. The normalized spacial score (nSPS) is 15.8. The molecule has 166 valence electrons. The van der Waals surface area contributed by atoms with E-state index in [0.717, 1.165) is 23.1 Å². The summed E-state index contributed by atoms with van der Waals surface area (Å²) in [5, 5.41) is 17.1. The molecule has 1 aromatic carbocycles. The van der Waals surface area contributed by atoms with Gasteiger partial charge >= 0.3 is 0 Å². The van der Waals surface area contributed by atoms with Crippen molar-refractivity contribution >= 4 is 57.5 Å². The van der Waals surface area contributed by atoms with E-state index in [1.165, 1.54) is 29.2 Å². The highest BCUT2D eigenvalue weighted by atomic mass is 32.2. The molecule has 1 atom stereocenters. The average Bonchev–Trinajstić information content (AvgIpc) is 3.48. The largest absolute Gasteiger partial charge is 0.360 e. The van der Waals surface area contributed by atoms with E-state index in [9.17, 15) is 18.8 Å². The molecule has 4 rings (SSSR count). The van der Waals surface area contributed by atoms with Crippen LogP contribution < -0.4 is 15.5 Å². The van der Waals surface area contributed by atoms with E-state index < -0.39 is 11.7 Å². The predicted octanol–water partition coefficient (Wildman–Crippen LogP) is 2.70. The van der Waals surface area contributed by atoms with Crippen molar-refractivity contribution in [2.75, 3.05) is 27.8 Å². The molecule has 2 N–H and O–H groups in total. The van der Waals surface area contributed by atoms with Gasteiger partial charge in [0.15, 0.2) is 10.2 Å². The summed E-state index contributed by atoms with van der Waals surface area (Å²) in [6.45, 7) is 1.91. The van der Waals surface area contributed by atoms with Gasteiger partial charge in [-0.3, -0.25) is 14.4 Å². The zero-order chi connectivity index (χ0) is 22.7. The first kappa shape index (κ1) is 21.9. The maximum Gasteiger partial charge on any atom is 0.236 e. The summed E-state index contributed by atoms with van der Waals surface area (Å²) in [6, 6.07) is 7.14. The van der Waals surface area contributed by atoms with Gasteiger partial charge in [-0.15, -0.1) is 10.2 Å². The molecule has 1 aliphatic rings. The van der Waals surface area contributed by atoms with Crippen LogP contribution in [0.2, 0.25) is 0 Å². The first-order valence-electron chi connectivity index (χ1n) is 9.43. The number of amides is 3. The second-order valence-corrected chi connectivity index (χ2v) is 9.10. The zero-order valence-corrected chi connectivity index (χ0v) is 18.3. The van der Waals surface area contributed by atoms with E-state index in [1.54, 1.807) is 13.0 Å².